The van der Waals surface area contributed by atoms with Gasteiger partial charge < -0.3 is 15.2 Å². The van der Waals surface area contributed by atoms with Crippen LogP contribution in [0.5, 0.6) is 0 Å². The van der Waals surface area contributed by atoms with Crippen molar-refractivity contribution in [3.63, 3.8) is 0 Å². The highest BCUT2D eigenvalue weighted by atomic mass is 35.5. The highest BCUT2D eigenvalue weighted by Crippen LogP contribution is 2.15. The lowest BCUT2D eigenvalue weighted by Crippen LogP contribution is -2.31. The Hall–Kier alpha value is -0.520. The van der Waals surface area contributed by atoms with Crippen LogP contribution in [0.2, 0.25) is 5.02 Å². The largest absolute Gasteiger partial charge is 0.389 e. The first kappa shape index (κ1) is 17.5. The van der Waals surface area contributed by atoms with Crippen LogP contribution in [-0.2, 0) is 11.3 Å². The Morgan fingerprint density at radius 1 is 1.45 bits per heavy atom. The smallest absolute Gasteiger partial charge is 0.0897 e. The minimum absolute atomic E-state index is 0.304. The van der Waals surface area contributed by atoms with E-state index in [1.807, 2.05) is 42.1 Å². The summed E-state index contributed by atoms with van der Waals surface area (Å²) in [6.07, 6.45) is 1.39. The van der Waals surface area contributed by atoms with Gasteiger partial charge in [0.1, 0.15) is 0 Å². The third-order valence-corrected chi connectivity index (χ3v) is 3.90. The van der Waals surface area contributed by atoms with Gasteiger partial charge in [-0.1, -0.05) is 35.9 Å². The number of hydrogen-bond donors (Lipinski definition) is 2. The number of aliphatic hydroxyl groups is 1. The fourth-order valence-electron chi connectivity index (χ4n) is 1.56. The van der Waals surface area contributed by atoms with Crippen molar-refractivity contribution in [3.05, 3.63) is 47.5 Å². The van der Waals surface area contributed by atoms with Crippen LogP contribution >= 0.6 is 23.4 Å². The molecule has 1 atom stereocenters. The summed E-state index contributed by atoms with van der Waals surface area (Å²) in [6, 6.07) is 7.56. The molecule has 0 amide bonds. The van der Waals surface area contributed by atoms with Gasteiger partial charge in [0.25, 0.3) is 0 Å². The quantitative estimate of drug-likeness (QED) is 0.487. The van der Waals surface area contributed by atoms with E-state index in [0.717, 1.165) is 23.6 Å². The fourth-order valence-corrected chi connectivity index (χ4v) is 2.37. The summed E-state index contributed by atoms with van der Waals surface area (Å²) in [5, 5.41) is 13.6. The predicted octanol–water partition coefficient (Wildman–Crippen LogP) is 2.73. The number of benzene rings is 1. The lowest BCUT2D eigenvalue weighted by atomic mass is 10.2. The zero-order chi connectivity index (χ0) is 14.6. The maximum Gasteiger partial charge on any atom is 0.0897 e. The first-order chi connectivity index (χ1) is 9.74. The van der Waals surface area contributed by atoms with Crippen molar-refractivity contribution in [2.24, 2.45) is 0 Å². The van der Waals surface area contributed by atoms with Crippen molar-refractivity contribution in [2.75, 3.05) is 31.2 Å². The Labute approximate surface area is 130 Å². The van der Waals surface area contributed by atoms with Crippen LogP contribution in [-0.4, -0.2) is 42.4 Å². The molecule has 0 aromatic heterocycles. The average Bonchev–Trinajstić information content (AvgIpc) is 2.45. The van der Waals surface area contributed by atoms with Crippen LogP contribution in [0.25, 0.3) is 0 Å². The molecule has 5 heteroatoms. The summed E-state index contributed by atoms with van der Waals surface area (Å²) in [5.74, 6) is 1.98. The number of ether oxygens (including phenoxy) is 1. The van der Waals surface area contributed by atoms with Crippen LogP contribution in [0, 0.1) is 0 Å². The molecule has 1 rings (SSSR count). The van der Waals surface area contributed by atoms with E-state index in [9.17, 15) is 5.11 Å². The summed E-state index contributed by atoms with van der Waals surface area (Å²) < 4.78 is 5.46. The van der Waals surface area contributed by atoms with Gasteiger partial charge in [0.05, 0.1) is 19.3 Å². The van der Waals surface area contributed by atoms with Crippen LogP contribution < -0.4 is 5.32 Å². The standard InChI is InChI=1S/C15H22ClNO2S/c1-2-8-20-9-7-17-10-14(18)12-19-11-13-5-3-4-6-15(13)16/h2-6,14,17-18H,1,7-12H2. The van der Waals surface area contributed by atoms with Gasteiger partial charge in [-0.3, -0.25) is 0 Å². The van der Waals surface area contributed by atoms with Crippen LogP contribution in [0.1, 0.15) is 5.56 Å². The second-order valence-corrected chi connectivity index (χ2v) is 5.89. The fraction of sp³-hybridized carbons (Fsp3) is 0.467. The second kappa shape index (κ2) is 11.2. The monoisotopic (exact) mass is 315 g/mol. The zero-order valence-electron chi connectivity index (χ0n) is 11.6. The number of thioether (sulfide) groups is 1. The first-order valence-corrected chi connectivity index (χ1v) is 8.16. The van der Waals surface area contributed by atoms with Gasteiger partial charge >= 0.3 is 0 Å². The molecule has 0 radical (unpaired) electrons. The number of nitrogens with one attached hydrogen (secondary N) is 1. The van der Waals surface area contributed by atoms with Gasteiger partial charge in [-0.2, -0.15) is 11.8 Å². The molecule has 20 heavy (non-hydrogen) atoms. The van der Waals surface area contributed by atoms with E-state index >= 15 is 0 Å². The normalized spacial score (nSPS) is 12.3. The topological polar surface area (TPSA) is 41.5 Å². The second-order valence-electron chi connectivity index (χ2n) is 4.33. The van der Waals surface area contributed by atoms with Gasteiger partial charge in [-0.25, -0.2) is 0 Å². The Kier molecular flexibility index (Phi) is 9.79. The Morgan fingerprint density at radius 3 is 3.00 bits per heavy atom. The molecule has 0 aliphatic heterocycles. The molecule has 2 N–H and O–H groups in total. The molecule has 0 aliphatic rings. The van der Waals surface area contributed by atoms with E-state index in [0.29, 0.717) is 24.8 Å². The third-order valence-electron chi connectivity index (χ3n) is 2.56. The van der Waals surface area contributed by atoms with Gasteiger partial charge in [-0.05, 0) is 11.6 Å². The molecule has 0 saturated carbocycles. The van der Waals surface area contributed by atoms with Crippen LogP contribution in [0.4, 0.5) is 0 Å². The molecule has 1 unspecified atom stereocenters. The minimum Gasteiger partial charge on any atom is -0.389 e. The molecule has 0 saturated heterocycles. The molecular weight excluding hydrogens is 294 g/mol. The van der Waals surface area contributed by atoms with E-state index in [4.69, 9.17) is 16.3 Å². The van der Waals surface area contributed by atoms with E-state index in [-0.39, 0.29) is 0 Å². The molecular formula is C15H22ClNO2S. The number of rotatable bonds is 11. The van der Waals surface area contributed by atoms with Crippen molar-refractivity contribution < 1.29 is 9.84 Å². The average molecular weight is 316 g/mol. The minimum atomic E-state index is -0.498. The molecule has 1 aromatic carbocycles. The first-order valence-electron chi connectivity index (χ1n) is 6.62. The van der Waals surface area contributed by atoms with E-state index in [1.54, 1.807) is 0 Å². The van der Waals surface area contributed by atoms with Gasteiger partial charge in [0.2, 0.25) is 0 Å². The lowest BCUT2D eigenvalue weighted by Gasteiger charge is -2.12. The summed E-state index contributed by atoms with van der Waals surface area (Å²) in [6.45, 7) is 5.80. The molecule has 0 bridgehead atoms. The van der Waals surface area contributed by atoms with E-state index in [1.165, 1.54) is 0 Å². The summed E-state index contributed by atoms with van der Waals surface area (Å²) in [4.78, 5) is 0. The summed E-state index contributed by atoms with van der Waals surface area (Å²) >= 11 is 7.83. The lowest BCUT2D eigenvalue weighted by molar-refractivity contribution is 0.0292. The number of aliphatic hydroxyl groups excluding tert-OH is 1. The molecule has 3 nitrogen and oxygen atoms in total. The van der Waals surface area contributed by atoms with Crippen molar-refractivity contribution >= 4 is 23.4 Å². The van der Waals surface area contributed by atoms with Gasteiger partial charge in [0, 0.05) is 29.6 Å². The number of hydrogen-bond acceptors (Lipinski definition) is 4. The van der Waals surface area contributed by atoms with Gasteiger partial charge in [0.15, 0.2) is 0 Å². The molecule has 1 aromatic rings. The Bertz CT molecular complexity index is 390. The van der Waals surface area contributed by atoms with Crippen molar-refractivity contribution in [1.82, 2.24) is 5.32 Å². The number of halogens is 1. The highest BCUT2D eigenvalue weighted by molar-refractivity contribution is 7.99. The van der Waals surface area contributed by atoms with E-state index < -0.39 is 6.10 Å². The molecule has 0 spiro atoms. The maximum absolute atomic E-state index is 9.76. The SMILES string of the molecule is C=CCSCCNCC(O)COCc1ccccc1Cl. The summed E-state index contributed by atoms with van der Waals surface area (Å²) in [5.41, 5.74) is 0.940. The Balaban J connectivity index is 2.04. The predicted molar refractivity (Wildman–Crippen MR) is 87.5 cm³/mol. The zero-order valence-corrected chi connectivity index (χ0v) is 13.1. The van der Waals surface area contributed by atoms with Crippen LogP contribution in [0.15, 0.2) is 36.9 Å². The van der Waals surface area contributed by atoms with Crippen LogP contribution in [0.3, 0.4) is 0 Å². The highest BCUT2D eigenvalue weighted by Gasteiger charge is 2.05. The van der Waals surface area contributed by atoms with E-state index in [2.05, 4.69) is 11.9 Å². The van der Waals surface area contributed by atoms with Crippen molar-refractivity contribution in [2.45, 2.75) is 12.7 Å². The van der Waals surface area contributed by atoms with Crippen molar-refractivity contribution in [3.8, 4) is 0 Å². The molecule has 0 heterocycles. The third kappa shape index (κ3) is 7.92. The molecule has 112 valence electrons. The molecule has 0 fully saturated rings. The summed E-state index contributed by atoms with van der Waals surface area (Å²) in [7, 11) is 0. The maximum atomic E-state index is 9.76. The molecule has 0 aliphatic carbocycles. The Morgan fingerprint density at radius 2 is 2.25 bits per heavy atom. The van der Waals surface area contributed by atoms with Gasteiger partial charge in [-0.15, -0.1) is 6.58 Å². The van der Waals surface area contributed by atoms with Crippen molar-refractivity contribution in [1.29, 1.82) is 0 Å².